The Kier molecular flexibility index (Phi) is 7.42. The average Bonchev–Trinajstić information content (AvgIpc) is 2.72. The number of ketones is 2. The fourth-order valence-electron chi connectivity index (χ4n) is 4.31. The van der Waals surface area contributed by atoms with E-state index in [0.29, 0.717) is 19.4 Å². The minimum absolute atomic E-state index is 0.0278. The molecule has 6 heteroatoms. The maximum absolute atomic E-state index is 12.7. The third kappa shape index (κ3) is 6.10. The molecule has 0 spiro atoms. The van der Waals surface area contributed by atoms with Crippen molar-refractivity contribution in [2.45, 2.75) is 51.9 Å². The summed E-state index contributed by atoms with van der Waals surface area (Å²) >= 11 is 0. The number of carbonyl (C=O) groups excluding carboxylic acids is 3. The van der Waals surface area contributed by atoms with E-state index >= 15 is 0 Å². The van der Waals surface area contributed by atoms with Gasteiger partial charge < -0.3 is 4.90 Å². The predicted octanol–water partition coefficient (Wildman–Crippen LogP) is 2.85. The highest BCUT2D eigenvalue weighted by Gasteiger charge is 2.35. The zero-order valence-corrected chi connectivity index (χ0v) is 19.3. The summed E-state index contributed by atoms with van der Waals surface area (Å²) in [5, 5.41) is 0. The van der Waals surface area contributed by atoms with Crippen LogP contribution >= 0.6 is 0 Å². The molecule has 0 aromatic heterocycles. The van der Waals surface area contributed by atoms with Gasteiger partial charge in [0.25, 0.3) is 0 Å². The number of nitrogens with zero attached hydrogens (tertiary/aromatic N) is 3. The normalized spacial score (nSPS) is 23.5. The molecule has 3 rings (SSSR count). The van der Waals surface area contributed by atoms with Crippen LogP contribution in [0.15, 0.2) is 29.3 Å². The molecule has 168 valence electrons. The average molecular weight is 426 g/mol. The van der Waals surface area contributed by atoms with Crippen molar-refractivity contribution in [2.75, 3.05) is 39.3 Å². The maximum Gasteiger partial charge on any atom is 0.219 e. The lowest BCUT2D eigenvalue weighted by Crippen LogP contribution is -2.48. The summed E-state index contributed by atoms with van der Waals surface area (Å²) in [6.45, 7) is 12.6. The minimum atomic E-state index is -0.695. The Morgan fingerprint density at radius 2 is 1.61 bits per heavy atom. The first-order valence-corrected chi connectivity index (χ1v) is 11.3. The smallest absolute Gasteiger partial charge is 0.219 e. The topological polar surface area (TPSA) is 70.1 Å². The third-order valence-corrected chi connectivity index (χ3v) is 6.45. The van der Waals surface area contributed by atoms with Crippen LogP contribution in [0.25, 0.3) is 0 Å². The molecular formula is C25H35N3O3. The van der Waals surface area contributed by atoms with Crippen molar-refractivity contribution in [3.63, 3.8) is 0 Å². The predicted molar refractivity (Wildman–Crippen MR) is 123 cm³/mol. The van der Waals surface area contributed by atoms with Gasteiger partial charge in [0.1, 0.15) is 17.5 Å². The minimum Gasteiger partial charge on any atom is -0.340 e. The monoisotopic (exact) mass is 425 g/mol. The molecule has 1 aliphatic carbocycles. The number of hydrogen-bond acceptors (Lipinski definition) is 5. The fourth-order valence-corrected chi connectivity index (χ4v) is 4.31. The van der Waals surface area contributed by atoms with Crippen LogP contribution < -0.4 is 0 Å². The van der Waals surface area contributed by atoms with Gasteiger partial charge in [-0.3, -0.25) is 24.3 Å². The van der Waals surface area contributed by atoms with E-state index in [1.807, 2.05) is 4.90 Å². The van der Waals surface area contributed by atoms with Crippen LogP contribution in [0.4, 0.5) is 0 Å². The van der Waals surface area contributed by atoms with Crippen molar-refractivity contribution >= 4 is 23.7 Å². The Hall–Kier alpha value is -2.34. The van der Waals surface area contributed by atoms with E-state index < -0.39 is 5.92 Å². The molecule has 0 N–H and O–H groups in total. The molecule has 6 nitrogen and oxygen atoms in total. The van der Waals surface area contributed by atoms with Gasteiger partial charge in [-0.05, 0) is 22.5 Å². The van der Waals surface area contributed by atoms with Gasteiger partial charge in [0.05, 0.1) is 6.54 Å². The van der Waals surface area contributed by atoms with E-state index in [0.717, 1.165) is 38.3 Å². The van der Waals surface area contributed by atoms with E-state index in [-0.39, 0.29) is 28.8 Å². The second kappa shape index (κ2) is 9.86. The van der Waals surface area contributed by atoms with Gasteiger partial charge in [-0.2, -0.15) is 0 Å². The number of carbonyl (C=O) groups is 3. The van der Waals surface area contributed by atoms with E-state index in [4.69, 9.17) is 0 Å². The molecule has 2 aliphatic rings. The zero-order valence-electron chi connectivity index (χ0n) is 19.3. The largest absolute Gasteiger partial charge is 0.340 e. The van der Waals surface area contributed by atoms with E-state index in [2.05, 4.69) is 54.9 Å². The van der Waals surface area contributed by atoms with Crippen molar-refractivity contribution in [1.82, 2.24) is 9.80 Å². The molecular weight excluding hydrogens is 390 g/mol. The summed E-state index contributed by atoms with van der Waals surface area (Å²) in [5.74, 6) is -0.661. The Morgan fingerprint density at radius 1 is 1.03 bits per heavy atom. The molecule has 1 amide bonds. The lowest BCUT2D eigenvalue weighted by atomic mass is 9.76. The van der Waals surface area contributed by atoms with Crippen LogP contribution in [0.1, 0.15) is 57.6 Å². The van der Waals surface area contributed by atoms with Crippen LogP contribution in [0.2, 0.25) is 0 Å². The summed E-state index contributed by atoms with van der Waals surface area (Å²) in [6, 6.07) is 8.33. The van der Waals surface area contributed by atoms with Gasteiger partial charge in [-0.25, -0.2) is 0 Å². The molecule has 1 heterocycles. The Balaban J connectivity index is 1.48. The maximum atomic E-state index is 12.7. The van der Waals surface area contributed by atoms with E-state index in [1.54, 1.807) is 13.1 Å². The standard InChI is InChI=1S/C25H35N3O3/c1-18(29)28-13-11-27(12-14-28)10-9-26-17-22-23(30)15-20(16-24(22)31)19-5-7-21(8-6-19)25(2,3)4/h5-8,17,20,22H,9-16H2,1-4H3. The molecule has 0 bridgehead atoms. The third-order valence-electron chi connectivity index (χ3n) is 6.45. The van der Waals surface area contributed by atoms with Gasteiger partial charge in [-0.15, -0.1) is 0 Å². The first kappa shape index (κ1) is 23.3. The SMILES string of the molecule is CC(=O)N1CCN(CCN=CC2C(=O)CC(c3ccc(C(C)(C)C)cc3)CC2=O)CC1. The molecule has 1 aliphatic heterocycles. The molecule has 0 unspecified atom stereocenters. The highest BCUT2D eigenvalue weighted by molar-refractivity contribution is 6.16. The number of hydrogen-bond donors (Lipinski definition) is 0. The lowest BCUT2D eigenvalue weighted by Gasteiger charge is -2.33. The van der Waals surface area contributed by atoms with Gasteiger partial charge in [0.2, 0.25) is 5.91 Å². The Morgan fingerprint density at radius 3 is 2.13 bits per heavy atom. The lowest BCUT2D eigenvalue weighted by molar-refractivity contribution is -0.133. The van der Waals surface area contributed by atoms with Crippen LogP contribution in [0.3, 0.4) is 0 Å². The van der Waals surface area contributed by atoms with Crippen molar-refractivity contribution < 1.29 is 14.4 Å². The molecule has 1 aromatic rings. The summed E-state index contributed by atoms with van der Waals surface area (Å²) in [7, 11) is 0. The van der Waals surface area contributed by atoms with Crippen molar-refractivity contribution in [2.24, 2.45) is 10.9 Å². The van der Waals surface area contributed by atoms with Crippen molar-refractivity contribution in [1.29, 1.82) is 0 Å². The Bertz CT molecular complexity index is 813. The molecule has 0 atom stereocenters. The van der Waals surface area contributed by atoms with Crippen LogP contribution in [-0.4, -0.2) is 72.8 Å². The highest BCUT2D eigenvalue weighted by Crippen LogP contribution is 2.32. The van der Waals surface area contributed by atoms with E-state index in [1.165, 1.54) is 5.56 Å². The van der Waals surface area contributed by atoms with Crippen molar-refractivity contribution in [3.05, 3.63) is 35.4 Å². The summed E-state index contributed by atoms with van der Waals surface area (Å²) < 4.78 is 0. The van der Waals surface area contributed by atoms with Gasteiger partial charge in [-0.1, -0.05) is 45.0 Å². The first-order chi connectivity index (χ1) is 14.6. The quantitative estimate of drug-likeness (QED) is 0.537. The second-order valence-corrected chi connectivity index (χ2v) is 9.79. The van der Waals surface area contributed by atoms with Gasteiger partial charge in [0, 0.05) is 58.7 Å². The number of Topliss-reactive ketones (excluding diaryl/α,β-unsaturated/α-hetero) is 2. The molecule has 31 heavy (non-hydrogen) atoms. The molecule has 0 radical (unpaired) electrons. The van der Waals surface area contributed by atoms with Gasteiger partial charge in [0.15, 0.2) is 0 Å². The Labute approximate surface area is 185 Å². The molecule has 1 saturated heterocycles. The molecule has 2 fully saturated rings. The highest BCUT2D eigenvalue weighted by atomic mass is 16.2. The first-order valence-electron chi connectivity index (χ1n) is 11.3. The molecule has 1 aromatic carbocycles. The second-order valence-electron chi connectivity index (χ2n) is 9.79. The van der Waals surface area contributed by atoms with Crippen LogP contribution in [0.5, 0.6) is 0 Å². The summed E-state index contributed by atoms with van der Waals surface area (Å²) in [4.78, 5) is 45.2. The number of benzene rings is 1. The number of piperazine rings is 1. The molecule has 1 saturated carbocycles. The number of rotatable bonds is 5. The zero-order chi connectivity index (χ0) is 22.6. The van der Waals surface area contributed by atoms with Gasteiger partial charge >= 0.3 is 0 Å². The fraction of sp³-hybridized carbons (Fsp3) is 0.600. The summed E-state index contributed by atoms with van der Waals surface area (Å²) in [6.07, 6.45) is 2.35. The van der Waals surface area contributed by atoms with Crippen molar-refractivity contribution in [3.8, 4) is 0 Å². The van der Waals surface area contributed by atoms with Crippen LogP contribution in [-0.2, 0) is 19.8 Å². The number of aliphatic imine (C=N–C) groups is 1. The summed E-state index contributed by atoms with van der Waals surface area (Å²) in [5.41, 5.74) is 2.39. The van der Waals surface area contributed by atoms with Crippen LogP contribution in [0, 0.1) is 5.92 Å². The van der Waals surface area contributed by atoms with E-state index in [9.17, 15) is 14.4 Å². The number of amides is 1.